The minimum absolute atomic E-state index is 0.0427. The van der Waals surface area contributed by atoms with Gasteiger partial charge in [-0.25, -0.2) is 0 Å². The lowest BCUT2D eigenvalue weighted by molar-refractivity contribution is -0.137. The summed E-state index contributed by atoms with van der Waals surface area (Å²) in [6.45, 7) is 2.09. The molecule has 1 aliphatic rings. The molecule has 1 saturated heterocycles. The topological polar surface area (TPSA) is 55.6 Å². The molecule has 2 rings (SSSR count). The molecule has 0 spiro atoms. The van der Waals surface area contributed by atoms with Crippen molar-refractivity contribution >= 4 is 5.91 Å². The van der Waals surface area contributed by atoms with Gasteiger partial charge in [0.25, 0.3) is 0 Å². The molecule has 4 heteroatoms. The van der Waals surface area contributed by atoms with E-state index in [1.165, 1.54) is 0 Å². The van der Waals surface area contributed by atoms with Gasteiger partial charge in [-0.05, 0) is 18.4 Å². The van der Waals surface area contributed by atoms with E-state index in [2.05, 4.69) is 0 Å². The van der Waals surface area contributed by atoms with Crippen LogP contribution in [-0.2, 0) is 16.1 Å². The van der Waals surface area contributed by atoms with Gasteiger partial charge < -0.3 is 15.4 Å². The molecule has 1 atom stereocenters. The van der Waals surface area contributed by atoms with Gasteiger partial charge in [-0.3, -0.25) is 4.79 Å². The fraction of sp³-hybridized carbons (Fsp3) is 0.500. The number of hydrogen-bond acceptors (Lipinski definition) is 3. The molecule has 0 saturated carbocycles. The largest absolute Gasteiger partial charge is 0.367 e. The first-order chi connectivity index (χ1) is 8.75. The molecule has 0 radical (unpaired) electrons. The molecule has 0 bridgehead atoms. The van der Waals surface area contributed by atoms with Crippen molar-refractivity contribution in [2.24, 2.45) is 5.73 Å². The maximum absolute atomic E-state index is 11.9. The number of carbonyl (C=O) groups excluding carboxylic acids is 1. The summed E-state index contributed by atoms with van der Waals surface area (Å²) in [6.07, 6.45) is 2.00. The van der Waals surface area contributed by atoms with Gasteiger partial charge in [-0.1, -0.05) is 30.3 Å². The average Bonchev–Trinajstić information content (AvgIpc) is 2.40. The summed E-state index contributed by atoms with van der Waals surface area (Å²) in [4.78, 5) is 13.7. The zero-order chi connectivity index (χ0) is 12.8. The van der Waals surface area contributed by atoms with Gasteiger partial charge in [-0.2, -0.15) is 0 Å². The summed E-state index contributed by atoms with van der Waals surface area (Å²) < 4.78 is 5.44. The Morgan fingerprint density at radius 1 is 1.39 bits per heavy atom. The molecule has 2 N–H and O–H groups in total. The van der Waals surface area contributed by atoms with Crippen LogP contribution in [0.15, 0.2) is 30.3 Å². The van der Waals surface area contributed by atoms with Crippen LogP contribution < -0.4 is 5.73 Å². The van der Waals surface area contributed by atoms with Crippen LogP contribution in [0.5, 0.6) is 0 Å². The Hall–Kier alpha value is -1.39. The molecule has 1 aromatic rings. The van der Waals surface area contributed by atoms with E-state index in [-0.39, 0.29) is 18.6 Å². The van der Waals surface area contributed by atoms with Crippen molar-refractivity contribution in [2.75, 3.05) is 19.7 Å². The smallest absolute Gasteiger partial charge is 0.248 e. The molecule has 4 nitrogen and oxygen atoms in total. The third kappa shape index (κ3) is 3.82. The van der Waals surface area contributed by atoms with E-state index in [9.17, 15) is 4.79 Å². The Kier molecular flexibility index (Phi) is 4.73. The Balaban J connectivity index is 1.71. The SMILES string of the molecule is NC1CCCN(C(=O)COCc2ccccc2)C1. The fourth-order valence-electron chi connectivity index (χ4n) is 2.16. The second-order valence-corrected chi connectivity index (χ2v) is 4.72. The molecular weight excluding hydrogens is 228 g/mol. The van der Waals surface area contributed by atoms with Crippen LogP contribution in [0.3, 0.4) is 0 Å². The number of carbonyl (C=O) groups is 1. The molecule has 0 aromatic heterocycles. The highest BCUT2D eigenvalue weighted by molar-refractivity contribution is 5.77. The van der Waals surface area contributed by atoms with Crippen LogP contribution in [0.25, 0.3) is 0 Å². The second kappa shape index (κ2) is 6.52. The van der Waals surface area contributed by atoms with Gasteiger partial charge in [0.05, 0.1) is 6.61 Å². The molecular formula is C14H20N2O2. The summed E-state index contributed by atoms with van der Waals surface area (Å²) >= 11 is 0. The predicted octanol–water partition coefficient (Wildman–Crippen LogP) is 1.15. The van der Waals surface area contributed by atoms with Gasteiger partial charge in [-0.15, -0.1) is 0 Å². The van der Waals surface area contributed by atoms with Crippen LogP contribution in [0, 0.1) is 0 Å². The van der Waals surface area contributed by atoms with Crippen molar-refractivity contribution in [3.05, 3.63) is 35.9 Å². The first-order valence-corrected chi connectivity index (χ1v) is 6.41. The van der Waals surface area contributed by atoms with E-state index in [1.807, 2.05) is 30.3 Å². The summed E-state index contributed by atoms with van der Waals surface area (Å²) in [7, 11) is 0. The summed E-state index contributed by atoms with van der Waals surface area (Å²) in [5.41, 5.74) is 6.93. The number of ether oxygens (including phenoxy) is 1. The summed E-state index contributed by atoms with van der Waals surface area (Å²) in [5.74, 6) is 0.0427. The quantitative estimate of drug-likeness (QED) is 0.869. The van der Waals surface area contributed by atoms with E-state index in [0.717, 1.165) is 24.9 Å². The molecule has 0 aliphatic carbocycles. The highest BCUT2D eigenvalue weighted by Gasteiger charge is 2.20. The first kappa shape index (κ1) is 13.1. The number of amides is 1. The monoisotopic (exact) mass is 248 g/mol. The molecule has 1 amide bonds. The van der Waals surface area contributed by atoms with Gasteiger partial charge in [0.1, 0.15) is 6.61 Å². The maximum atomic E-state index is 11.9. The normalized spacial score (nSPS) is 19.8. The van der Waals surface area contributed by atoms with Crippen LogP contribution in [0.2, 0.25) is 0 Å². The Bertz CT molecular complexity index is 381. The Morgan fingerprint density at radius 2 is 2.17 bits per heavy atom. The number of hydrogen-bond donors (Lipinski definition) is 1. The van der Waals surface area contributed by atoms with E-state index in [0.29, 0.717) is 13.2 Å². The van der Waals surface area contributed by atoms with E-state index >= 15 is 0 Å². The molecule has 1 unspecified atom stereocenters. The van der Waals surface area contributed by atoms with Crippen molar-refractivity contribution in [2.45, 2.75) is 25.5 Å². The van der Waals surface area contributed by atoms with Crippen molar-refractivity contribution in [1.82, 2.24) is 4.90 Å². The second-order valence-electron chi connectivity index (χ2n) is 4.72. The van der Waals surface area contributed by atoms with Crippen LogP contribution in [0.1, 0.15) is 18.4 Å². The standard InChI is InChI=1S/C14H20N2O2/c15-13-7-4-8-16(9-13)14(17)11-18-10-12-5-2-1-3-6-12/h1-3,5-6,13H,4,7-11,15H2. The number of nitrogens with two attached hydrogens (primary N) is 1. The van der Waals surface area contributed by atoms with Crippen molar-refractivity contribution in [3.63, 3.8) is 0 Å². The lowest BCUT2D eigenvalue weighted by atomic mass is 10.1. The third-order valence-corrected chi connectivity index (χ3v) is 3.15. The number of likely N-dealkylation sites (tertiary alicyclic amines) is 1. The molecule has 98 valence electrons. The number of rotatable bonds is 4. The number of benzene rings is 1. The number of nitrogens with zero attached hydrogens (tertiary/aromatic N) is 1. The van der Waals surface area contributed by atoms with Gasteiger partial charge in [0, 0.05) is 19.1 Å². The number of piperidine rings is 1. The average molecular weight is 248 g/mol. The fourth-order valence-corrected chi connectivity index (χ4v) is 2.16. The van der Waals surface area contributed by atoms with E-state index in [4.69, 9.17) is 10.5 Å². The van der Waals surface area contributed by atoms with Gasteiger partial charge in [0.15, 0.2) is 0 Å². The zero-order valence-corrected chi connectivity index (χ0v) is 10.5. The molecule has 1 aliphatic heterocycles. The first-order valence-electron chi connectivity index (χ1n) is 6.41. The molecule has 1 aromatic carbocycles. The van der Waals surface area contributed by atoms with Crippen molar-refractivity contribution in [1.29, 1.82) is 0 Å². The Morgan fingerprint density at radius 3 is 2.89 bits per heavy atom. The lowest BCUT2D eigenvalue weighted by Crippen LogP contribution is -2.46. The molecule has 1 heterocycles. The van der Waals surface area contributed by atoms with Gasteiger partial charge in [0.2, 0.25) is 5.91 Å². The summed E-state index contributed by atoms with van der Waals surface area (Å²) in [5, 5.41) is 0. The highest BCUT2D eigenvalue weighted by Crippen LogP contribution is 2.08. The zero-order valence-electron chi connectivity index (χ0n) is 10.5. The Labute approximate surface area is 108 Å². The van der Waals surface area contributed by atoms with Crippen molar-refractivity contribution in [3.8, 4) is 0 Å². The van der Waals surface area contributed by atoms with Crippen LogP contribution in [0.4, 0.5) is 0 Å². The molecule has 18 heavy (non-hydrogen) atoms. The third-order valence-electron chi connectivity index (χ3n) is 3.15. The van der Waals surface area contributed by atoms with Crippen LogP contribution >= 0.6 is 0 Å². The minimum Gasteiger partial charge on any atom is -0.367 e. The lowest BCUT2D eigenvalue weighted by Gasteiger charge is -2.30. The minimum atomic E-state index is 0.0427. The van der Waals surface area contributed by atoms with E-state index in [1.54, 1.807) is 4.90 Å². The van der Waals surface area contributed by atoms with Crippen LogP contribution in [-0.4, -0.2) is 36.5 Å². The van der Waals surface area contributed by atoms with E-state index < -0.39 is 0 Å². The van der Waals surface area contributed by atoms with Crippen molar-refractivity contribution < 1.29 is 9.53 Å². The summed E-state index contributed by atoms with van der Waals surface area (Å²) in [6, 6.07) is 9.98. The molecule has 1 fully saturated rings. The maximum Gasteiger partial charge on any atom is 0.248 e. The highest BCUT2D eigenvalue weighted by atomic mass is 16.5. The van der Waals surface area contributed by atoms with Gasteiger partial charge >= 0.3 is 0 Å². The predicted molar refractivity (Wildman–Crippen MR) is 69.9 cm³/mol.